The lowest BCUT2D eigenvalue weighted by atomic mass is 9.75. The highest BCUT2D eigenvalue weighted by molar-refractivity contribution is 6.07. The van der Waals surface area contributed by atoms with Crippen molar-refractivity contribution < 1.29 is 28.8 Å². The Bertz CT molecular complexity index is 923. The number of esters is 2. The molecule has 10 nitrogen and oxygen atoms in total. The number of ether oxygens (including phenoxy) is 2. The second-order valence-corrected chi connectivity index (χ2v) is 6.87. The maximum Gasteiger partial charge on any atom is 0.336 e. The topological polar surface area (TPSA) is 137 Å². The Morgan fingerprint density at radius 3 is 2.68 bits per heavy atom. The summed E-state index contributed by atoms with van der Waals surface area (Å²) in [6.07, 6.45) is 0.956. The van der Waals surface area contributed by atoms with Gasteiger partial charge in [0.1, 0.15) is 5.92 Å². The molecule has 1 heterocycles. The van der Waals surface area contributed by atoms with Crippen molar-refractivity contribution in [2.45, 2.75) is 33.1 Å². The standard InChI is InChI=1S/C21H25N3O7/c1-4-30-20(26)17-13(2)23-14(3)18(21(27)31-10-6-9-22-12-25)19(17)15-7-5-8-16(11-15)24(28)29/h5,7-8,11-12,17,19H,4,6,9-10H2,1-3H3,(H,22,25). The first kappa shape index (κ1) is 23.7. The van der Waals surface area contributed by atoms with Crippen LogP contribution in [0.1, 0.15) is 38.7 Å². The van der Waals surface area contributed by atoms with Crippen molar-refractivity contribution in [2.75, 3.05) is 19.8 Å². The van der Waals surface area contributed by atoms with Crippen LogP contribution in [-0.4, -0.2) is 48.7 Å². The first-order valence-corrected chi connectivity index (χ1v) is 9.82. The fourth-order valence-corrected chi connectivity index (χ4v) is 3.51. The van der Waals surface area contributed by atoms with Crippen molar-refractivity contribution in [1.82, 2.24) is 5.32 Å². The molecule has 10 heteroatoms. The second kappa shape index (κ2) is 11.0. The summed E-state index contributed by atoms with van der Waals surface area (Å²) < 4.78 is 10.5. The quantitative estimate of drug-likeness (QED) is 0.197. The van der Waals surface area contributed by atoms with E-state index in [4.69, 9.17) is 9.47 Å². The molecule has 166 valence electrons. The van der Waals surface area contributed by atoms with Crippen molar-refractivity contribution in [2.24, 2.45) is 10.9 Å². The maximum atomic E-state index is 13.0. The minimum Gasteiger partial charge on any atom is -0.465 e. The largest absolute Gasteiger partial charge is 0.465 e. The number of amides is 1. The van der Waals surface area contributed by atoms with Gasteiger partial charge in [0.2, 0.25) is 6.41 Å². The molecule has 1 N–H and O–H groups in total. The second-order valence-electron chi connectivity index (χ2n) is 6.87. The number of hydrogen-bond donors (Lipinski definition) is 1. The van der Waals surface area contributed by atoms with Crippen LogP contribution in [-0.2, 0) is 23.9 Å². The molecule has 0 saturated heterocycles. The molecular weight excluding hydrogens is 406 g/mol. The summed E-state index contributed by atoms with van der Waals surface area (Å²) in [5, 5.41) is 13.8. The lowest BCUT2D eigenvalue weighted by molar-refractivity contribution is -0.384. The van der Waals surface area contributed by atoms with Gasteiger partial charge in [0.05, 0.1) is 23.7 Å². The van der Waals surface area contributed by atoms with Gasteiger partial charge in [-0.2, -0.15) is 0 Å². The van der Waals surface area contributed by atoms with E-state index in [1.54, 1.807) is 26.8 Å². The molecular formula is C21H25N3O7. The molecule has 0 aliphatic carbocycles. The molecule has 2 atom stereocenters. The average molecular weight is 431 g/mol. The number of benzene rings is 1. The number of nitrogens with zero attached hydrogens (tertiary/aromatic N) is 2. The summed E-state index contributed by atoms with van der Waals surface area (Å²) >= 11 is 0. The Hall–Kier alpha value is -3.56. The molecule has 0 saturated carbocycles. The number of nitro groups is 1. The number of nitrogens with one attached hydrogen (secondary N) is 1. The SMILES string of the molecule is CCOC(=O)C1C(C)=NC(C)=C(C(=O)OCCCNC=O)C1c1cccc([N+](=O)[O-])c1. The van der Waals surface area contributed by atoms with Crippen LogP contribution >= 0.6 is 0 Å². The van der Waals surface area contributed by atoms with Gasteiger partial charge in [0.25, 0.3) is 5.69 Å². The van der Waals surface area contributed by atoms with Gasteiger partial charge in [-0.3, -0.25) is 24.7 Å². The molecule has 1 aromatic carbocycles. The average Bonchev–Trinajstić information content (AvgIpc) is 2.73. The molecule has 1 aromatic rings. The van der Waals surface area contributed by atoms with E-state index in [0.29, 0.717) is 36.3 Å². The van der Waals surface area contributed by atoms with E-state index in [1.807, 2.05) is 0 Å². The van der Waals surface area contributed by atoms with Gasteiger partial charge in [-0.1, -0.05) is 12.1 Å². The molecule has 0 radical (unpaired) electrons. The van der Waals surface area contributed by atoms with E-state index >= 15 is 0 Å². The van der Waals surface area contributed by atoms with Crippen LogP contribution in [0, 0.1) is 16.0 Å². The van der Waals surface area contributed by atoms with E-state index < -0.39 is 28.7 Å². The van der Waals surface area contributed by atoms with Crippen molar-refractivity contribution in [1.29, 1.82) is 0 Å². The molecule has 0 spiro atoms. The van der Waals surface area contributed by atoms with Crippen molar-refractivity contribution in [3.63, 3.8) is 0 Å². The van der Waals surface area contributed by atoms with Crippen LogP contribution < -0.4 is 5.32 Å². The first-order valence-electron chi connectivity index (χ1n) is 9.82. The third-order valence-electron chi connectivity index (χ3n) is 4.81. The highest BCUT2D eigenvalue weighted by Gasteiger charge is 2.42. The normalized spacial score (nSPS) is 18.1. The van der Waals surface area contributed by atoms with Crippen LogP contribution in [0.3, 0.4) is 0 Å². The molecule has 0 fully saturated rings. The number of non-ortho nitro benzene ring substituents is 1. The molecule has 1 amide bonds. The van der Waals surface area contributed by atoms with Crippen LogP contribution in [0.4, 0.5) is 5.69 Å². The van der Waals surface area contributed by atoms with Crippen molar-refractivity contribution in [3.8, 4) is 0 Å². The van der Waals surface area contributed by atoms with Gasteiger partial charge in [-0.05, 0) is 32.8 Å². The smallest absolute Gasteiger partial charge is 0.336 e. The summed E-state index contributed by atoms with van der Waals surface area (Å²) in [6, 6.07) is 5.79. The summed E-state index contributed by atoms with van der Waals surface area (Å²) in [7, 11) is 0. The van der Waals surface area contributed by atoms with Crippen LogP contribution in [0.15, 0.2) is 40.5 Å². The minimum absolute atomic E-state index is 0.0465. The van der Waals surface area contributed by atoms with Gasteiger partial charge in [0, 0.05) is 36.0 Å². The first-order chi connectivity index (χ1) is 14.8. The highest BCUT2D eigenvalue weighted by Crippen LogP contribution is 2.41. The predicted octanol–water partition coefficient (Wildman–Crippen LogP) is 2.29. The summed E-state index contributed by atoms with van der Waals surface area (Å²) in [4.78, 5) is 51.1. The van der Waals surface area contributed by atoms with E-state index in [-0.39, 0.29) is 24.5 Å². The Morgan fingerprint density at radius 1 is 1.29 bits per heavy atom. The summed E-state index contributed by atoms with van der Waals surface area (Å²) in [6.45, 7) is 5.47. The number of nitro benzene ring substituents is 1. The lowest BCUT2D eigenvalue weighted by Gasteiger charge is -2.31. The third kappa shape index (κ3) is 5.74. The van der Waals surface area contributed by atoms with E-state index in [1.165, 1.54) is 18.2 Å². The molecule has 1 aliphatic heterocycles. The molecule has 2 rings (SSSR count). The van der Waals surface area contributed by atoms with E-state index in [0.717, 1.165) is 0 Å². The lowest BCUT2D eigenvalue weighted by Crippen LogP contribution is -2.36. The van der Waals surface area contributed by atoms with Gasteiger partial charge in [0.15, 0.2) is 0 Å². The van der Waals surface area contributed by atoms with Gasteiger partial charge >= 0.3 is 11.9 Å². The number of allylic oxidation sites excluding steroid dienone is 1. The summed E-state index contributed by atoms with van der Waals surface area (Å²) in [5.41, 5.74) is 1.21. The zero-order valence-electron chi connectivity index (χ0n) is 17.6. The van der Waals surface area contributed by atoms with Crippen molar-refractivity contribution >= 4 is 29.7 Å². The van der Waals surface area contributed by atoms with Gasteiger partial charge in [-0.15, -0.1) is 0 Å². The fraction of sp³-hybridized carbons (Fsp3) is 0.429. The van der Waals surface area contributed by atoms with Crippen LogP contribution in [0.5, 0.6) is 0 Å². The van der Waals surface area contributed by atoms with Gasteiger partial charge in [-0.25, -0.2) is 4.79 Å². The van der Waals surface area contributed by atoms with Crippen molar-refractivity contribution in [3.05, 3.63) is 51.2 Å². The Labute approximate surface area is 179 Å². The van der Waals surface area contributed by atoms with E-state index in [9.17, 15) is 24.5 Å². The molecule has 0 aromatic heterocycles. The maximum absolute atomic E-state index is 13.0. The Kier molecular flexibility index (Phi) is 8.42. The monoisotopic (exact) mass is 431 g/mol. The minimum atomic E-state index is -0.926. The van der Waals surface area contributed by atoms with Crippen LogP contribution in [0.2, 0.25) is 0 Å². The zero-order valence-corrected chi connectivity index (χ0v) is 17.6. The fourth-order valence-electron chi connectivity index (χ4n) is 3.51. The Balaban J connectivity index is 2.47. The number of hydrogen-bond acceptors (Lipinski definition) is 8. The Morgan fingerprint density at radius 2 is 2.03 bits per heavy atom. The molecule has 31 heavy (non-hydrogen) atoms. The number of rotatable bonds is 10. The van der Waals surface area contributed by atoms with Gasteiger partial charge < -0.3 is 14.8 Å². The summed E-state index contributed by atoms with van der Waals surface area (Å²) in [5.74, 6) is -3.03. The molecule has 1 aliphatic rings. The zero-order chi connectivity index (χ0) is 23.0. The molecule has 2 unspecified atom stereocenters. The van der Waals surface area contributed by atoms with Crippen LogP contribution in [0.25, 0.3) is 0 Å². The van der Waals surface area contributed by atoms with E-state index in [2.05, 4.69) is 10.3 Å². The predicted molar refractivity (Wildman–Crippen MR) is 111 cm³/mol. The number of carbonyl (C=O) groups is 3. The number of carbonyl (C=O) groups excluding carboxylic acids is 3. The number of aliphatic imine (C=N–C) groups is 1. The third-order valence-corrected chi connectivity index (χ3v) is 4.81. The molecule has 0 bridgehead atoms. The highest BCUT2D eigenvalue weighted by atomic mass is 16.6.